The maximum absolute atomic E-state index is 12.1. The normalized spacial score (nSPS) is 18.7. The quantitative estimate of drug-likeness (QED) is 0.776. The topological polar surface area (TPSA) is 76.0 Å². The lowest BCUT2D eigenvalue weighted by Crippen LogP contribution is -2.37. The molecule has 0 saturated carbocycles. The summed E-state index contributed by atoms with van der Waals surface area (Å²) in [5, 5.41) is 0.616. The van der Waals surface area contributed by atoms with Crippen molar-refractivity contribution in [2.45, 2.75) is 6.61 Å². The minimum absolute atomic E-state index is 0.0755. The average Bonchev–Trinajstić information content (AvgIpc) is 2.53. The highest BCUT2D eigenvalue weighted by Crippen LogP contribution is 2.17. The van der Waals surface area contributed by atoms with Crippen LogP contribution in [0.1, 0.15) is 5.56 Å². The van der Waals surface area contributed by atoms with E-state index in [1.807, 2.05) is 0 Å². The molecular formula is C15H13ClN2O4S. The summed E-state index contributed by atoms with van der Waals surface area (Å²) in [5.74, 6) is -0.248. The Labute approximate surface area is 138 Å². The van der Waals surface area contributed by atoms with Crippen molar-refractivity contribution in [2.24, 2.45) is 4.40 Å². The van der Waals surface area contributed by atoms with Crippen molar-refractivity contribution in [1.29, 1.82) is 0 Å². The van der Waals surface area contributed by atoms with E-state index in [1.165, 1.54) is 12.2 Å². The van der Waals surface area contributed by atoms with Crippen LogP contribution in [0.4, 0.5) is 0 Å². The second kappa shape index (κ2) is 6.17. The van der Waals surface area contributed by atoms with Crippen LogP contribution in [0.5, 0.6) is 0 Å². The minimum Gasteiger partial charge on any atom is -0.457 e. The average molecular weight is 353 g/mol. The van der Waals surface area contributed by atoms with Crippen LogP contribution in [0, 0.1) is 0 Å². The zero-order chi connectivity index (χ0) is 16.4. The van der Waals surface area contributed by atoms with Crippen molar-refractivity contribution >= 4 is 33.4 Å². The smallest absolute Gasteiger partial charge is 0.339 e. The third kappa shape index (κ3) is 3.80. The number of esters is 1. The van der Waals surface area contributed by atoms with Gasteiger partial charge in [-0.3, -0.25) is 0 Å². The second-order valence-corrected chi connectivity index (χ2v) is 7.24. The highest BCUT2D eigenvalue weighted by Gasteiger charge is 2.25. The van der Waals surface area contributed by atoms with Crippen molar-refractivity contribution in [1.82, 2.24) is 4.90 Å². The van der Waals surface area contributed by atoms with E-state index in [1.54, 1.807) is 35.4 Å². The molecule has 2 aliphatic rings. The van der Waals surface area contributed by atoms with Crippen molar-refractivity contribution in [2.75, 3.05) is 12.3 Å². The standard InChI is InChI=1S/C15H13ClN2O4S/c16-13-4-1-11(2-5-13)10-22-15(19)12-3-6-14-17-23(20,21)8-7-18(14)9-12/h1-6,9H,7-8,10H2. The lowest BCUT2D eigenvalue weighted by molar-refractivity contribution is -0.139. The summed E-state index contributed by atoms with van der Waals surface area (Å²) in [6, 6.07) is 7.00. The molecule has 0 spiro atoms. The lowest BCUT2D eigenvalue weighted by atomic mass is 10.2. The summed E-state index contributed by atoms with van der Waals surface area (Å²) in [5.41, 5.74) is 1.17. The molecule has 0 aromatic heterocycles. The van der Waals surface area contributed by atoms with Crippen molar-refractivity contribution in [3.8, 4) is 0 Å². The van der Waals surface area contributed by atoms with Gasteiger partial charge in [-0.1, -0.05) is 23.7 Å². The minimum atomic E-state index is -3.40. The van der Waals surface area contributed by atoms with E-state index in [0.29, 0.717) is 16.4 Å². The number of benzene rings is 1. The largest absolute Gasteiger partial charge is 0.457 e. The van der Waals surface area contributed by atoms with E-state index in [0.717, 1.165) is 5.56 Å². The number of carbonyl (C=O) groups excluding carboxylic acids is 1. The van der Waals surface area contributed by atoms with E-state index in [9.17, 15) is 13.2 Å². The van der Waals surface area contributed by atoms with Gasteiger partial charge in [-0.25, -0.2) is 13.2 Å². The number of rotatable bonds is 3. The molecule has 0 radical (unpaired) electrons. The third-order valence-electron chi connectivity index (χ3n) is 3.34. The number of amidine groups is 1. The Balaban J connectivity index is 1.66. The number of hydrogen-bond donors (Lipinski definition) is 0. The van der Waals surface area contributed by atoms with Gasteiger partial charge in [0.1, 0.15) is 12.4 Å². The van der Waals surface area contributed by atoms with E-state index in [2.05, 4.69) is 4.40 Å². The van der Waals surface area contributed by atoms with E-state index in [4.69, 9.17) is 16.3 Å². The molecule has 0 saturated heterocycles. The van der Waals surface area contributed by atoms with E-state index < -0.39 is 16.0 Å². The first kappa shape index (κ1) is 15.8. The molecular weight excluding hydrogens is 340 g/mol. The highest BCUT2D eigenvalue weighted by molar-refractivity contribution is 7.90. The van der Waals surface area contributed by atoms with Crippen molar-refractivity contribution in [3.63, 3.8) is 0 Å². The van der Waals surface area contributed by atoms with Crippen molar-refractivity contribution < 1.29 is 17.9 Å². The number of hydrogen-bond acceptors (Lipinski definition) is 5. The fourth-order valence-corrected chi connectivity index (χ4v) is 3.23. The number of carbonyl (C=O) groups is 1. The Morgan fingerprint density at radius 1 is 1.26 bits per heavy atom. The summed E-state index contributed by atoms with van der Waals surface area (Å²) in [7, 11) is -3.40. The molecule has 2 heterocycles. The Kier molecular flexibility index (Phi) is 4.23. The first-order valence-electron chi connectivity index (χ1n) is 6.84. The van der Waals surface area contributed by atoms with Gasteiger partial charge in [0.25, 0.3) is 10.0 Å². The van der Waals surface area contributed by atoms with Gasteiger partial charge in [0.15, 0.2) is 0 Å². The molecule has 0 aliphatic carbocycles. The van der Waals surface area contributed by atoms with Crippen LogP contribution in [-0.4, -0.2) is 37.4 Å². The fraction of sp³-hybridized carbons (Fsp3) is 0.200. The summed E-state index contributed by atoms with van der Waals surface area (Å²) in [4.78, 5) is 13.7. The molecule has 1 aromatic carbocycles. The van der Waals surface area contributed by atoms with Crippen LogP contribution in [-0.2, 0) is 26.2 Å². The predicted octanol–water partition coefficient (Wildman–Crippen LogP) is 1.88. The van der Waals surface area contributed by atoms with Crippen molar-refractivity contribution in [3.05, 3.63) is 58.8 Å². The maximum atomic E-state index is 12.1. The predicted molar refractivity (Wildman–Crippen MR) is 86.4 cm³/mol. The summed E-state index contributed by atoms with van der Waals surface area (Å²) >= 11 is 5.80. The van der Waals surface area contributed by atoms with Crippen LogP contribution in [0.2, 0.25) is 5.02 Å². The molecule has 2 aliphatic heterocycles. The Morgan fingerprint density at radius 2 is 2.00 bits per heavy atom. The lowest BCUT2D eigenvalue weighted by Gasteiger charge is -2.26. The molecule has 0 atom stereocenters. The Bertz CT molecular complexity index is 826. The number of halogens is 1. The molecule has 23 heavy (non-hydrogen) atoms. The molecule has 3 rings (SSSR count). The molecule has 0 N–H and O–H groups in total. The second-order valence-electron chi connectivity index (χ2n) is 5.05. The van der Waals surface area contributed by atoms with Gasteiger partial charge in [-0.15, -0.1) is 4.40 Å². The fourth-order valence-electron chi connectivity index (χ4n) is 2.13. The van der Waals surface area contributed by atoms with Gasteiger partial charge in [-0.2, -0.15) is 0 Å². The van der Waals surface area contributed by atoms with E-state index >= 15 is 0 Å². The molecule has 1 aromatic rings. The number of nitrogens with zero attached hydrogens (tertiary/aromatic N) is 2. The van der Waals surface area contributed by atoms with Gasteiger partial charge in [0, 0.05) is 17.8 Å². The molecule has 6 nitrogen and oxygen atoms in total. The number of fused-ring (bicyclic) bond motifs is 1. The number of sulfonamides is 1. The molecule has 0 bridgehead atoms. The summed E-state index contributed by atoms with van der Waals surface area (Å²) < 4.78 is 31.8. The highest BCUT2D eigenvalue weighted by atomic mass is 35.5. The van der Waals surface area contributed by atoms with Crippen LogP contribution in [0.3, 0.4) is 0 Å². The Morgan fingerprint density at radius 3 is 2.74 bits per heavy atom. The molecule has 120 valence electrons. The van der Waals surface area contributed by atoms with Crippen LogP contribution in [0.15, 0.2) is 52.6 Å². The Hall–Kier alpha value is -2.12. The summed E-state index contributed by atoms with van der Waals surface area (Å²) in [6.07, 6.45) is 4.55. The number of ether oxygens (including phenoxy) is 1. The maximum Gasteiger partial charge on any atom is 0.339 e. The van der Waals surface area contributed by atoms with Gasteiger partial charge >= 0.3 is 5.97 Å². The molecule has 0 amide bonds. The summed E-state index contributed by atoms with van der Waals surface area (Å²) in [6.45, 7) is 0.399. The zero-order valence-corrected chi connectivity index (χ0v) is 13.5. The van der Waals surface area contributed by atoms with Gasteiger partial charge in [-0.05, 0) is 29.8 Å². The van der Waals surface area contributed by atoms with Gasteiger partial charge in [0.2, 0.25) is 0 Å². The van der Waals surface area contributed by atoms with Crippen LogP contribution in [0.25, 0.3) is 0 Å². The van der Waals surface area contributed by atoms with Crippen LogP contribution >= 0.6 is 11.6 Å². The van der Waals surface area contributed by atoms with E-state index in [-0.39, 0.29) is 18.9 Å². The molecule has 0 unspecified atom stereocenters. The molecule has 0 fully saturated rings. The van der Waals surface area contributed by atoms with Crippen LogP contribution < -0.4 is 0 Å². The monoisotopic (exact) mass is 352 g/mol. The zero-order valence-electron chi connectivity index (χ0n) is 12.0. The van der Waals surface area contributed by atoms with Gasteiger partial charge in [0.05, 0.1) is 11.3 Å². The first-order chi connectivity index (χ1) is 10.9. The first-order valence-corrected chi connectivity index (χ1v) is 8.82. The molecule has 8 heteroatoms. The van der Waals surface area contributed by atoms with Gasteiger partial charge < -0.3 is 9.64 Å². The third-order valence-corrected chi connectivity index (χ3v) is 4.76. The SMILES string of the molecule is O=C(OCc1ccc(Cl)cc1)C1=CN2CCS(=O)(=O)N=C2C=C1.